The zero-order valence-electron chi connectivity index (χ0n) is 10.0. The SMILES string of the molecule is CCS(=O)CCNC1CCc2ccc(Br)cc21. The molecule has 0 saturated heterocycles. The van der Waals surface area contributed by atoms with E-state index < -0.39 is 10.8 Å². The molecular formula is C13H18BrNOS. The molecule has 2 atom stereocenters. The molecule has 0 aromatic heterocycles. The molecule has 0 saturated carbocycles. The van der Waals surface area contributed by atoms with Crippen LogP contribution < -0.4 is 5.32 Å². The van der Waals surface area contributed by atoms with E-state index in [1.165, 1.54) is 11.1 Å². The second kappa shape index (κ2) is 6.12. The van der Waals surface area contributed by atoms with Crippen molar-refractivity contribution in [3.63, 3.8) is 0 Å². The minimum atomic E-state index is -0.661. The number of fused-ring (bicyclic) bond motifs is 1. The molecule has 1 aromatic rings. The molecule has 2 nitrogen and oxygen atoms in total. The van der Waals surface area contributed by atoms with Gasteiger partial charge in [0.05, 0.1) is 0 Å². The van der Waals surface area contributed by atoms with Crippen molar-refractivity contribution < 1.29 is 4.21 Å². The molecule has 2 unspecified atom stereocenters. The lowest BCUT2D eigenvalue weighted by atomic mass is 10.1. The molecule has 94 valence electrons. The summed E-state index contributed by atoms with van der Waals surface area (Å²) >= 11 is 3.52. The molecule has 0 bridgehead atoms. The van der Waals surface area contributed by atoms with E-state index in [1.54, 1.807) is 0 Å². The Kier molecular flexibility index (Phi) is 4.77. The van der Waals surface area contributed by atoms with Gasteiger partial charge in [-0.05, 0) is 36.1 Å². The normalized spacial score (nSPS) is 20.2. The molecule has 1 aliphatic carbocycles. The van der Waals surface area contributed by atoms with Crippen LogP contribution in [0.5, 0.6) is 0 Å². The van der Waals surface area contributed by atoms with Gasteiger partial charge in [0, 0.05) is 39.4 Å². The summed E-state index contributed by atoms with van der Waals surface area (Å²) in [6, 6.07) is 6.95. The molecule has 0 radical (unpaired) electrons. The van der Waals surface area contributed by atoms with Gasteiger partial charge in [0.15, 0.2) is 0 Å². The average Bonchev–Trinajstić information content (AvgIpc) is 2.72. The first kappa shape index (κ1) is 13.2. The first-order chi connectivity index (χ1) is 8.20. The van der Waals surface area contributed by atoms with E-state index in [4.69, 9.17) is 0 Å². The first-order valence-electron chi connectivity index (χ1n) is 6.07. The predicted molar refractivity (Wildman–Crippen MR) is 76.8 cm³/mol. The minimum Gasteiger partial charge on any atom is -0.309 e. The van der Waals surface area contributed by atoms with Gasteiger partial charge in [-0.3, -0.25) is 4.21 Å². The number of hydrogen-bond acceptors (Lipinski definition) is 2. The molecule has 0 heterocycles. The number of benzene rings is 1. The lowest BCUT2D eigenvalue weighted by Gasteiger charge is -2.14. The number of hydrogen-bond donors (Lipinski definition) is 1. The Balaban J connectivity index is 1.93. The van der Waals surface area contributed by atoms with E-state index in [-0.39, 0.29) is 0 Å². The van der Waals surface area contributed by atoms with Crippen molar-refractivity contribution in [2.24, 2.45) is 0 Å². The molecule has 1 aromatic carbocycles. The highest BCUT2D eigenvalue weighted by molar-refractivity contribution is 9.10. The lowest BCUT2D eigenvalue weighted by Crippen LogP contribution is -2.24. The van der Waals surface area contributed by atoms with Gasteiger partial charge in [0.2, 0.25) is 0 Å². The van der Waals surface area contributed by atoms with Gasteiger partial charge in [-0.2, -0.15) is 0 Å². The van der Waals surface area contributed by atoms with Crippen LogP contribution in [0.3, 0.4) is 0 Å². The maximum Gasteiger partial charge on any atom is 0.0360 e. The lowest BCUT2D eigenvalue weighted by molar-refractivity contribution is 0.549. The topological polar surface area (TPSA) is 29.1 Å². The molecule has 4 heteroatoms. The van der Waals surface area contributed by atoms with Gasteiger partial charge in [0.25, 0.3) is 0 Å². The number of rotatable bonds is 5. The molecule has 0 spiro atoms. The molecule has 0 fully saturated rings. The van der Waals surface area contributed by atoms with Crippen LogP contribution in [0.15, 0.2) is 22.7 Å². The van der Waals surface area contributed by atoms with Crippen LogP contribution in [0.4, 0.5) is 0 Å². The average molecular weight is 316 g/mol. The van der Waals surface area contributed by atoms with Gasteiger partial charge >= 0.3 is 0 Å². The van der Waals surface area contributed by atoms with E-state index in [0.29, 0.717) is 6.04 Å². The van der Waals surface area contributed by atoms with Crippen molar-refractivity contribution in [1.29, 1.82) is 0 Å². The minimum absolute atomic E-state index is 0.441. The fourth-order valence-electron chi connectivity index (χ4n) is 2.28. The maximum atomic E-state index is 11.3. The zero-order chi connectivity index (χ0) is 12.3. The number of halogens is 1. The third-order valence-corrected chi connectivity index (χ3v) is 5.02. The van der Waals surface area contributed by atoms with Crippen LogP contribution in [-0.4, -0.2) is 22.3 Å². The van der Waals surface area contributed by atoms with Crippen LogP contribution in [0.2, 0.25) is 0 Å². The van der Waals surface area contributed by atoms with Crippen molar-refractivity contribution in [3.05, 3.63) is 33.8 Å². The van der Waals surface area contributed by atoms with E-state index in [1.807, 2.05) is 6.92 Å². The molecule has 0 aliphatic heterocycles. The summed E-state index contributed by atoms with van der Waals surface area (Å²) in [5.41, 5.74) is 2.85. The highest BCUT2D eigenvalue weighted by Gasteiger charge is 2.21. The standard InChI is InChI=1S/C13H18BrNOS/c1-2-17(16)8-7-15-13-6-4-10-3-5-11(14)9-12(10)13/h3,5,9,13,15H,2,4,6-8H2,1H3. The van der Waals surface area contributed by atoms with Crippen LogP contribution in [0.25, 0.3) is 0 Å². The Morgan fingerprint density at radius 3 is 3.12 bits per heavy atom. The van der Waals surface area contributed by atoms with Crippen LogP contribution in [0, 0.1) is 0 Å². The Hall–Kier alpha value is -0.190. The zero-order valence-corrected chi connectivity index (χ0v) is 12.4. The predicted octanol–water partition coefficient (Wildman–Crippen LogP) is 2.79. The van der Waals surface area contributed by atoms with Crippen LogP contribution >= 0.6 is 15.9 Å². The van der Waals surface area contributed by atoms with Gasteiger partial charge < -0.3 is 5.32 Å². The van der Waals surface area contributed by atoms with Crippen molar-refractivity contribution in [1.82, 2.24) is 5.32 Å². The van der Waals surface area contributed by atoms with Gasteiger partial charge in [-0.15, -0.1) is 0 Å². The number of aryl methyl sites for hydroxylation is 1. The van der Waals surface area contributed by atoms with E-state index >= 15 is 0 Å². The summed E-state index contributed by atoms with van der Waals surface area (Å²) in [5.74, 6) is 1.52. The Labute approximate surface area is 114 Å². The second-order valence-electron chi connectivity index (χ2n) is 4.32. The summed E-state index contributed by atoms with van der Waals surface area (Å²) in [7, 11) is -0.661. The van der Waals surface area contributed by atoms with E-state index in [2.05, 4.69) is 39.4 Å². The molecular weight excluding hydrogens is 298 g/mol. The largest absolute Gasteiger partial charge is 0.309 e. The quantitative estimate of drug-likeness (QED) is 0.905. The Bertz CT molecular complexity index is 422. The maximum absolute atomic E-state index is 11.3. The summed E-state index contributed by atoms with van der Waals surface area (Å²) in [6.07, 6.45) is 2.31. The highest BCUT2D eigenvalue weighted by Crippen LogP contribution is 2.32. The summed E-state index contributed by atoms with van der Waals surface area (Å²) in [4.78, 5) is 0. The summed E-state index contributed by atoms with van der Waals surface area (Å²) in [5, 5.41) is 3.52. The Morgan fingerprint density at radius 1 is 1.53 bits per heavy atom. The Morgan fingerprint density at radius 2 is 2.35 bits per heavy atom. The van der Waals surface area contributed by atoms with E-state index in [0.717, 1.165) is 35.4 Å². The second-order valence-corrected chi connectivity index (χ2v) is 7.10. The van der Waals surface area contributed by atoms with Crippen molar-refractivity contribution in [3.8, 4) is 0 Å². The summed E-state index contributed by atoms with van der Waals surface area (Å²) < 4.78 is 12.5. The van der Waals surface area contributed by atoms with Crippen molar-refractivity contribution in [2.75, 3.05) is 18.1 Å². The molecule has 1 N–H and O–H groups in total. The molecule has 1 aliphatic rings. The molecule has 0 amide bonds. The highest BCUT2D eigenvalue weighted by atomic mass is 79.9. The third kappa shape index (κ3) is 3.39. The molecule has 17 heavy (non-hydrogen) atoms. The van der Waals surface area contributed by atoms with Gasteiger partial charge in [-0.25, -0.2) is 0 Å². The van der Waals surface area contributed by atoms with Gasteiger partial charge in [-0.1, -0.05) is 28.9 Å². The first-order valence-corrected chi connectivity index (χ1v) is 8.35. The van der Waals surface area contributed by atoms with Crippen molar-refractivity contribution >= 4 is 26.7 Å². The third-order valence-electron chi connectivity index (χ3n) is 3.23. The van der Waals surface area contributed by atoms with E-state index in [9.17, 15) is 4.21 Å². The molecule has 2 rings (SSSR count). The van der Waals surface area contributed by atoms with Crippen LogP contribution in [-0.2, 0) is 17.2 Å². The van der Waals surface area contributed by atoms with Crippen molar-refractivity contribution in [2.45, 2.75) is 25.8 Å². The number of nitrogens with one attached hydrogen (secondary N) is 1. The fraction of sp³-hybridized carbons (Fsp3) is 0.538. The van der Waals surface area contributed by atoms with Gasteiger partial charge in [0.1, 0.15) is 0 Å². The fourth-order valence-corrected chi connectivity index (χ4v) is 3.29. The summed E-state index contributed by atoms with van der Waals surface area (Å²) in [6.45, 7) is 2.81. The monoisotopic (exact) mass is 315 g/mol. The van der Waals surface area contributed by atoms with Crippen LogP contribution in [0.1, 0.15) is 30.5 Å². The smallest absolute Gasteiger partial charge is 0.0360 e.